The summed E-state index contributed by atoms with van der Waals surface area (Å²) < 4.78 is 5.09. The van der Waals surface area contributed by atoms with Gasteiger partial charge in [-0.15, -0.1) is 0 Å². The van der Waals surface area contributed by atoms with E-state index in [9.17, 15) is 14.4 Å². The highest BCUT2D eigenvalue weighted by Crippen LogP contribution is 2.07. The quantitative estimate of drug-likeness (QED) is 0.510. The second-order valence-corrected chi connectivity index (χ2v) is 5.25. The third kappa shape index (κ3) is 9.87. The molecule has 2 amide bonds. The van der Waals surface area contributed by atoms with E-state index in [0.717, 1.165) is 0 Å². The predicted molar refractivity (Wildman–Crippen MR) is 68.7 cm³/mol. The lowest BCUT2D eigenvalue weighted by molar-refractivity contribution is -0.150. The lowest BCUT2D eigenvalue weighted by atomic mass is 10.2. The number of hydrogen-bond acceptors (Lipinski definition) is 4. The Labute approximate surface area is 112 Å². The van der Waals surface area contributed by atoms with Gasteiger partial charge in [-0.1, -0.05) is 0 Å². The van der Waals surface area contributed by atoms with Crippen molar-refractivity contribution in [3.63, 3.8) is 0 Å². The zero-order valence-electron chi connectivity index (χ0n) is 11.8. The van der Waals surface area contributed by atoms with Crippen molar-refractivity contribution in [2.75, 3.05) is 6.54 Å². The number of nitrogens with one attached hydrogen (secondary N) is 2. The number of carboxylic acids is 1. The highest BCUT2D eigenvalue weighted by Gasteiger charge is 2.17. The molecule has 0 fully saturated rings. The van der Waals surface area contributed by atoms with Gasteiger partial charge in [0.05, 0.1) is 0 Å². The molecule has 0 saturated heterocycles. The molecule has 0 spiro atoms. The maximum Gasteiger partial charge on any atom is 0.407 e. The smallest absolute Gasteiger partial charge is 0.407 e. The van der Waals surface area contributed by atoms with Crippen LogP contribution in [-0.2, 0) is 14.3 Å². The van der Waals surface area contributed by atoms with E-state index in [4.69, 9.17) is 9.84 Å². The molecule has 0 aliphatic heterocycles. The molecule has 1 atom stereocenters. The first-order chi connectivity index (χ1) is 8.61. The molecular formula is C12H22N2O5. The summed E-state index contributed by atoms with van der Waals surface area (Å²) in [5.74, 6) is -2.52. The molecule has 0 radical (unpaired) electrons. The van der Waals surface area contributed by atoms with Gasteiger partial charge in [0.25, 0.3) is 0 Å². The molecule has 0 aromatic heterocycles. The summed E-state index contributed by atoms with van der Waals surface area (Å²) >= 11 is 0. The summed E-state index contributed by atoms with van der Waals surface area (Å²) in [6.45, 7) is 7.39. The third-order valence-corrected chi connectivity index (χ3v) is 2.06. The van der Waals surface area contributed by atoms with Crippen LogP contribution in [0, 0.1) is 0 Å². The van der Waals surface area contributed by atoms with E-state index in [0.29, 0.717) is 12.8 Å². The van der Waals surface area contributed by atoms with Crippen molar-refractivity contribution in [2.24, 2.45) is 0 Å². The molecule has 0 rings (SSSR count). The molecule has 0 aromatic carbocycles. The second kappa shape index (κ2) is 7.60. The van der Waals surface area contributed by atoms with E-state index in [2.05, 4.69) is 10.6 Å². The van der Waals surface area contributed by atoms with Crippen LogP contribution in [0.1, 0.15) is 40.5 Å². The van der Waals surface area contributed by atoms with Crippen LogP contribution in [0.5, 0.6) is 0 Å². The van der Waals surface area contributed by atoms with Crippen LogP contribution in [0.3, 0.4) is 0 Å². The van der Waals surface area contributed by atoms with Crippen LogP contribution in [0.2, 0.25) is 0 Å². The van der Waals surface area contributed by atoms with Gasteiger partial charge in [-0.3, -0.25) is 4.79 Å². The summed E-state index contributed by atoms with van der Waals surface area (Å²) in [6.07, 6.45) is 0.685. The Morgan fingerprint density at radius 1 is 1.26 bits per heavy atom. The lowest BCUT2D eigenvalue weighted by Gasteiger charge is -2.21. The van der Waals surface area contributed by atoms with Crippen molar-refractivity contribution in [2.45, 2.75) is 52.2 Å². The first-order valence-electron chi connectivity index (χ1n) is 6.12. The summed E-state index contributed by atoms with van der Waals surface area (Å²) in [4.78, 5) is 32.4. The average molecular weight is 274 g/mol. The monoisotopic (exact) mass is 274 g/mol. The van der Waals surface area contributed by atoms with E-state index in [1.54, 1.807) is 20.8 Å². The Kier molecular flexibility index (Phi) is 6.89. The third-order valence-electron chi connectivity index (χ3n) is 2.06. The van der Waals surface area contributed by atoms with Crippen molar-refractivity contribution in [1.82, 2.24) is 10.6 Å². The predicted octanol–water partition coefficient (Wildman–Crippen LogP) is 0.881. The first-order valence-corrected chi connectivity index (χ1v) is 6.12. The fraction of sp³-hybridized carbons (Fsp3) is 0.750. The standard InChI is InChI=1S/C12H22N2O5/c1-8(14-11(18)19-12(2,3)4)6-5-7-13-9(15)10(16)17/h8H,5-7H2,1-4H3,(H,13,15)(H,14,18)(H,16,17). The molecule has 0 saturated carbocycles. The lowest BCUT2D eigenvalue weighted by Crippen LogP contribution is -2.38. The van der Waals surface area contributed by atoms with Gasteiger partial charge >= 0.3 is 18.0 Å². The van der Waals surface area contributed by atoms with Crippen molar-refractivity contribution < 1.29 is 24.2 Å². The number of rotatable bonds is 5. The number of aliphatic carboxylic acids is 1. The summed E-state index contributed by atoms with van der Waals surface area (Å²) in [5, 5.41) is 13.2. The van der Waals surface area contributed by atoms with Crippen molar-refractivity contribution >= 4 is 18.0 Å². The van der Waals surface area contributed by atoms with Crippen molar-refractivity contribution in [3.8, 4) is 0 Å². The van der Waals surface area contributed by atoms with Crippen LogP contribution >= 0.6 is 0 Å². The highest BCUT2D eigenvalue weighted by molar-refractivity contribution is 6.31. The molecular weight excluding hydrogens is 252 g/mol. The van der Waals surface area contributed by atoms with E-state index in [1.807, 2.05) is 6.92 Å². The van der Waals surface area contributed by atoms with Crippen molar-refractivity contribution in [3.05, 3.63) is 0 Å². The summed E-state index contributed by atoms with van der Waals surface area (Å²) in [7, 11) is 0. The number of amides is 2. The van der Waals surface area contributed by atoms with Gasteiger partial charge in [-0.05, 0) is 40.5 Å². The molecule has 0 aliphatic rings. The van der Waals surface area contributed by atoms with Crippen LogP contribution < -0.4 is 10.6 Å². The number of carbonyl (C=O) groups is 3. The van der Waals surface area contributed by atoms with E-state index in [-0.39, 0.29) is 12.6 Å². The topological polar surface area (TPSA) is 105 Å². The molecule has 0 aliphatic carbocycles. The number of ether oxygens (including phenoxy) is 1. The van der Waals surface area contributed by atoms with Gasteiger partial charge in [0.1, 0.15) is 5.60 Å². The Morgan fingerprint density at radius 3 is 2.32 bits per heavy atom. The normalized spacial score (nSPS) is 12.4. The molecule has 7 nitrogen and oxygen atoms in total. The highest BCUT2D eigenvalue weighted by atomic mass is 16.6. The SMILES string of the molecule is CC(CCCNC(=O)C(=O)O)NC(=O)OC(C)(C)C. The van der Waals surface area contributed by atoms with Gasteiger partial charge in [-0.2, -0.15) is 0 Å². The van der Waals surface area contributed by atoms with Gasteiger partial charge in [0.2, 0.25) is 0 Å². The van der Waals surface area contributed by atoms with Crippen LogP contribution in [0.25, 0.3) is 0 Å². The van der Waals surface area contributed by atoms with Crippen LogP contribution in [-0.4, -0.2) is 41.3 Å². The fourth-order valence-corrected chi connectivity index (χ4v) is 1.27. The molecule has 19 heavy (non-hydrogen) atoms. The van der Waals surface area contributed by atoms with Crippen LogP contribution in [0.4, 0.5) is 4.79 Å². The number of alkyl carbamates (subject to hydrolysis) is 1. The minimum Gasteiger partial charge on any atom is -0.474 e. The zero-order chi connectivity index (χ0) is 15.1. The summed E-state index contributed by atoms with van der Waals surface area (Å²) in [5.41, 5.74) is -0.542. The van der Waals surface area contributed by atoms with Gasteiger partial charge in [0.15, 0.2) is 0 Å². The minimum absolute atomic E-state index is 0.114. The Morgan fingerprint density at radius 2 is 1.84 bits per heavy atom. The largest absolute Gasteiger partial charge is 0.474 e. The number of carbonyl (C=O) groups excluding carboxylic acids is 2. The number of hydrogen-bond donors (Lipinski definition) is 3. The Hall–Kier alpha value is -1.79. The second-order valence-electron chi connectivity index (χ2n) is 5.25. The van der Waals surface area contributed by atoms with E-state index >= 15 is 0 Å². The van der Waals surface area contributed by atoms with Gasteiger partial charge in [-0.25, -0.2) is 9.59 Å². The van der Waals surface area contributed by atoms with Crippen molar-refractivity contribution in [1.29, 1.82) is 0 Å². The van der Waals surface area contributed by atoms with Gasteiger partial charge in [0, 0.05) is 12.6 Å². The fourth-order valence-electron chi connectivity index (χ4n) is 1.27. The molecule has 110 valence electrons. The minimum atomic E-state index is -1.50. The maximum atomic E-state index is 11.4. The Bertz CT molecular complexity index is 336. The zero-order valence-corrected chi connectivity index (χ0v) is 11.8. The molecule has 1 unspecified atom stereocenters. The Balaban J connectivity index is 3.76. The summed E-state index contributed by atoms with van der Waals surface area (Å²) in [6, 6.07) is -0.114. The van der Waals surface area contributed by atoms with E-state index in [1.165, 1.54) is 0 Å². The van der Waals surface area contributed by atoms with E-state index < -0.39 is 23.6 Å². The molecule has 7 heteroatoms. The van der Waals surface area contributed by atoms with Gasteiger partial charge < -0.3 is 20.5 Å². The number of carboxylic acid groups (broad SMARTS) is 1. The average Bonchev–Trinajstić information content (AvgIpc) is 2.20. The van der Waals surface area contributed by atoms with Crippen LogP contribution in [0.15, 0.2) is 0 Å². The molecule has 0 heterocycles. The molecule has 3 N–H and O–H groups in total. The maximum absolute atomic E-state index is 11.4. The first kappa shape index (κ1) is 17.2. The molecule has 0 bridgehead atoms. The molecule has 0 aromatic rings.